The van der Waals surface area contributed by atoms with Crippen molar-refractivity contribution in [3.8, 4) is 0 Å². The molecule has 9 heteroatoms. The molecule has 0 saturated heterocycles. The Kier molecular flexibility index (Phi) is 6.24. The van der Waals surface area contributed by atoms with Gasteiger partial charge in [0.2, 0.25) is 4.58 Å². The van der Waals surface area contributed by atoms with Crippen LogP contribution in [-0.2, 0) is 20.2 Å². The Hall–Kier alpha value is 0.820. The molecule has 0 aromatic heterocycles. The van der Waals surface area contributed by atoms with Crippen LogP contribution in [0.25, 0.3) is 0 Å². The average molecular weight is 227 g/mol. The Bertz CT molecular complexity index is 283. The Balaban J connectivity index is 0. The standard InChI is InChI=1S/C3H8O6S2.Na/c1-2-3(10(4,5)6)11(7,8)9;/h3H,2H2,1H3,(H,4,5,6)(H,7,8,9);. The Labute approximate surface area is 93.1 Å². The fraction of sp³-hybridized carbons (Fsp3) is 1.00. The van der Waals surface area contributed by atoms with Gasteiger partial charge >= 0.3 is 0 Å². The molecule has 0 aliphatic heterocycles. The SMILES string of the molecule is CCC(S(=O)(=O)O)S(=O)(=O)O.[Na]. The van der Waals surface area contributed by atoms with E-state index in [0.717, 1.165) is 0 Å². The molecule has 0 aliphatic rings. The van der Waals surface area contributed by atoms with Crippen LogP contribution in [0.2, 0.25) is 0 Å². The third-order valence-corrected chi connectivity index (χ3v) is 4.45. The number of rotatable bonds is 3. The second kappa shape index (κ2) is 4.89. The zero-order chi connectivity index (χ0) is 9.28. The molecule has 0 amide bonds. The smallest absolute Gasteiger partial charge is 0.284 e. The Morgan fingerprint density at radius 1 is 1.08 bits per heavy atom. The number of hydrogen-bond donors (Lipinski definition) is 2. The molecule has 0 unspecified atom stereocenters. The molecular weight excluding hydrogens is 219 g/mol. The van der Waals surface area contributed by atoms with Crippen LogP contribution < -0.4 is 0 Å². The predicted octanol–water partition coefficient (Wildman–Crippen LogP) is -0.883. The van der Waals surface area contributed by atoms with E-state index in [4.69, 9.17) is 9.11 Å². The largest absolute Gasteiger partial charge is 0.284 e. The fourth-order valence-electron chi connectivity index (χ4n) is 0.575. The third kappa shape index (κ3) is 4.75. The van der Waals surface area contributed by atoms with Gasteiger partial charge in [0.05, 0.1) is 0 Å². The van der Waals surface area contributed by atoms with Gasteiger partial charge in [-0.2, -0.15) is 16.8 Å². The van der Waals surface area contributed by atoms with Gasteiger partial charge in [-0.3, -0.25) is 9.11 Å². The van der Waals surface area contributed by atoms with E-state index in [2.05, 4.69) is 0 Å². The molecule has 0 rings (SSSR count). The van der Waals surface area contributed by atoms with E-state index in [0.29, 0.717) is 0 Å². The second-order valence-corrected chi connectivity index (χ2v) is 5.36. The molecule has 0 aromatic rings. The molecule has 0 heterocycles. The third-order valence-electron chi connectivity index (χ3n) is 0.998. The molecule has 12 heavy (non-hydrogen) atoms. The number of hydrogen-bond acceptors (Lipinski definition) is 4. The molecule has 69 valence electrons. The first-order valence-corrected chi connectivity index (χ1v) is 5.63. The molecule has 0 saturated carbocycles. The first kappa shape index (κ1) is 15.3. The molecule has 0 fully saturated rings. The molecular formula is C3H8NaO6S2. The summed E-state index contributed by atoms with van der Waals surface area (Å²) >= 11 is 0. The molecule has 0 bridgehead atoms. The fourth-order valence-corrected chi connectivity index (χ4v) is 2.65. The molecule has 0 aliphatic carbocycles. The van der Waals surface area contributed by atoms with Gasteiger partial charge in [0, 0.05) is 29.6 Å². The second-order valence-electron chi connectivity index (χ2n) is 1.87. The van der Waals surface area contributed by atoms with Gasteiger partial charge in [0.25, 0.3) is 20.2 Å². The van der Waals surface area contributed by atoms with Gasteiger partial charge in [-0.05, 0) is 6.42 Å². The zero-order valence-electron chi connectivity index (χ0n) is 6.63. The van der Waals surface area contributed by atoms with Gasteiger partial charge in [0.1, 0.15) is 0 Å². The van der Waals surface area contributed by atoms with Gasteiger partial charge in [-0.1, -0.05) is 6.92 Å². The van der Waals surface area contributed by atoms with Crippen molar-refractivity contribution in [3.63, 3.8) is 0 Å². The van der Waals surface area contributed by atoms with Crippen molar-refractivity contribution in [2.45, 2.75) is 17.9 Å². The van der Waals surface area contributed by atoms with Crippen LogP contribution in [0, 0.1) is 0 Å². The van der Waals surface area contributed by atoms with Crippen LogP contribution in [0.5, 0.6) is 0 Å². The van der Waals surface area contributed by atoms with Crippen LogP contribution in [0.4, 0.5) is 0 Å². The van der Waals surface area contributed by atoms with Crippen LogP contribution in [0.15, 0.2) is 0 Å². The van der Waals surface area contributed by atoms with Crippen molar-refractivity contribution >= 4 is 49.8 Å². The predicted molar refractivity (Wildman–Crippen MR) is 42.9 cm³/mol. The minimum atomic E-state index is -4.71. The van der Waals surface area contributed by atoms with E-state index in [1.807, 2.05) is 0 Å². The molecule has 0 aromatic carbocycles. The minimum absolute atomic E-state index is 0. The zero-order valence-corrected chi connectivity index (χ0v) is 10.3. The van der Waals surface area contributed by atoms with Gasteiger partial charge in [0.15, 0.2) is 0 Å². The maximum atomic E-state index is 10.2. The van der Waals surface area contributed by atoms with E-state index in [1.165, 1.54) is 6.92 Å². The summed E-state index contributed by atoms with van der Waals surface area (Å²) < 4.78 is 55.3. The summed E-state index contributed by atoms with van der Waals surface area (Å²) in [6, 6.07) is 0. The van der Waals surface area contributed by atoms with Crippen molar-refractivity contribution in [3.05, 3.63) is 0 Å². The Morgan fingerprint density at radius 3 is 1.33 bits per heavy atom. The molecule has 2 N–H and O–H groups in total. The van der Waals surface area contributed by atoms with Gasteiger partial charge < -0.3 is 0 Å². The van der Waals surface area contributed by atoms with E-state index in [9.17, 15) is 16.8 Å². The maximum absolute atomic E-state index is 10.2. The van der Waals surface area contributed by atoms with Crippen LogP contribution in [0.1, 0.15) is 13.3 Å². The summed E-state index contributed by atoms with van der Waals surface area (Å²) in [5, 5.41) is 0. The van der Waals surface area contributed by atoms with Crippen molar-refractivity contribution in [1.29, 1.82) is 0 Å². The average Bonchev–Trinajstić information content (AvgIpc) is 1.56. The maximum Gasteiger partial charge on any atom is 0.284 e. The van der Waals surface area contributed by atoms with Crippen molar-refractivity contribution in [2.75, 3.05) is 0 Å². The summed E-state index contributed by atoms with van der Waals surface area (Å²) in [7, 11) is -9.42. The summed E-state index contributed by atoms with van der Waals surface area (Å²) in [5.41, 5.74) is 0. The molecule has 1 radical (unpaired) electrons. The first-order chi connectivity index (χ1) is 4.69. The molecule has 0 atom stereocenters. The first-order valence-electron chi connectivity index (χ1n) is 2.62. The topological polar surface area (TPSA) is 109 Å². The summed E-state index contributed by atoms with van der Waals surface area (Å²) in [6.07, 6.45) is -0.391. The van der Waals surface area contributed by atoms with E-state index < -0.39 is 31.2 Å². The van der Waals surface area contributed by atoms with Crippen molar-refractivity contribution in [2.24, 2.45) is 0 Å². The minimum Gasteiger partial charge on any atom is -0.284 e. The van der Waals surface area contributed by atoms with Crippen LogP contribution >= 0.6 is 0 Å². The van der Waals surface area contributed by atoms with E-state index in [1.54, 1.807) is 0 Å². The Morgan fingerprint density at radius 2 is 1.33 bits per heavy atom. The van der Waals surface area contributed by atoms with E-state index in [-0.39, 0.29) is 29.6 Å². The summed E-state index contributed by atoms with van der Waals surface area (Å²) in [6.45, 7) is 1.21. The monoisotopic (exact) mass is 227 g/mol. The molecule has 0 spiro atoms. The van der Waals surface area contributed by atoms with Crippen molar-refractivity contribution < 1.29 is 25.9 Å². The van der Waals surface area contributed by atoms with Crippen molar-refractivity contribution in [1.82, 2.24) is 0 Å². The van der Waals surface area contributed by atoms with Gasteiger partial charge in [-0.15, -0.1) is 0 Å². The summed E-state index contributed by atoms with van der Waals surface area (Å²) in [4.78, 5) is 0. The summed E-state index contributed by atoms with van der Waals surface area (Å²) in [5.74, 6) is 0. The molecule has 6 nitrogen and oxygen atoms in total. The van der Waals surface area contributed by atoms with E-state index >= 15 is 0 Å². The van der Waals surface area contributed by atoms with Crippen LogP contribution in [0.3, 0.4) is 0 Å². The van der Waals surface area contributed by atoms with Gasteiger partial charge in [-0.25, -0.2) is 0 Å². The van der Waals surface area contributed by atoms with Crippen LogP contribution in [-0.4, -0.2) is 60.1 Å². The normalized spacial score (nSPS) is 12.7. The quantitative estimate of drug-likeness (QED) is 0.478.